The molecule has 0 radical (unpaired) electrons. The minimum atomic E-state index is 0.292. The third-order valence-corrected chi connectivity index (χ3v) is 10.3. The molecule has 44 heavy (non-hydrogen) atoms. The van der Waals surface area contributed by atoms with Crippen LogP contribution in [0.5, 0.6) is 23.0 Å². The summed E-state index contributed by atoms with van der Waals surface area (Å²) in [4.78, 5) is 2.30. The van der Waals surface area contributed by atoms with Gasteiger partial charge in [-0.05, 0) is 103 Å². The molecular weight excluding hydrogens is 585 g/mol. The molecule has 0 amide bonds. The van der Waals surface area contributed by atoms with Crippen molar-refractivity contribution in [2.45, 2.75) is 25.7 Å². The van der Waals surface area contributed by atoms with Crippen LogP contribution in [0.25, 0.3) is 20.9 Å². The van der Waals surface area contributed by atoms with E-state index in [-0.39, 0.29) is 0 Å². The van der Waals surface area contributed by atoms with Gasteiger partial charge in [0.05, 0.1) is 14.2 Å². The summed E-state index contributed by atoms with van der Waals surface area (Å²) in [6.45, 7) is 0. The number of rotatable bonds is 4. The van der Waals surface area contributed by atoms with Crippen molar-refractivity contribution < 1.29 is 19.7 Å². The van der Waals surface area contributed by atoms with Crippen molar-refractivity contribution in [2.75, 3.05) is 14.2 Å². The molecule has 220 valence electrons. The first kappa shape index (κ1) is 28.3. The molecule has 2 aromatic heterocycles. The van der Waals surface area contributed by atoms with Crippen LogP contribution in [0.3, 0.4) is 0 Å². The monoisotopic (exact) mass is 616 g/mol. The normalized spacial score (nSPS) is 12.6. The topological polar surface area (TPSA) is 58.9 Å². The molecule has 0 unspecified atom stereocenters. The van der Waals surface area contributed by atoms with Crippen LogP contribution >= 0.6 is 22.7 Å². The number of phenolic OH excluding ortho intramolecular Hbond substituents is 2. The second kappa shape index (κ2) is 11.9. The summed E-state index contributed by atoms with van der Waals surface area (Å²) in [5, 5.41) is 27.6. The van der Waals surface area contributed by atoms with Crippen LogP contribution in [0, 0.1) is 0 Å². The molecule has 2 N–H and O–H groups in total. The fourth-order valence-corrected chi connectivity index (χ4v) is 7.84. The molecule has 6 aromatic rings. The third-order valence-electron chi connectivity index (χ3n) is 8.44. The first-order valence-electron chi connectivity index (χ1n) is 14.6. The Labute approximate surface area is 265 Å². The van der Waals surface area contributed by atoms with Crippen LogP contribution < -0.4 is 9.47 Å². The Morgan fingerprint density at radius 1 is 0.477 bits per heavy atom. The van der Waals surface area contributed by atoms with E-state index in [1.165, 1.54) is 0 Å². The summed E-state index contributed by atoms with van der Waals surface area (Å²) >= 11 is 3.38. The summed E-state index contributed by atoms with van der Waals surface area (Å²) in [6, 6.07) is 29.0. The van der Waals surface area contributed by atoms with E-state index in [0.29, 0.717) is 37.2 Å². The van der Waals surface area contributed by atoms with Gasteiger partial charge in [0.25, 0.3) is 0 Å². The van der Waals surface area contributed by atoms with Crippen LogP contribution in [0.4, 0.5) is 0 Å². The molecule has 1 aliphatic rings. The lowest BCUT2D eigenvalue weighted by atomic mass is 9.89. The average Bonchev–Trinajstić information content (AvgIpc) is 3.76. The number of fused-ring (bicyclic) bond motifs is 8. The molecule has 6 heteroatoms. The lowest BCUT2D eigenvalue weighted by molar-refractivity contribution is 0.404. The summed E-state index contributed by atoms with van der Waals surface area (Å²) in [7, 11) is 3.39. The van der Waals surface area contributed by atoms with E-state index in [9.17, 15) is 10.2 Å². The summed E-state index contributed by atoms with van der Waals surface area (Å²) in [5.41, 5.74) is 9.45. The molecule has 0 saturated carbocycles. The first-order chi connectivity index (χ1) is 21.5. The van der Waals surface area contributed by atoms with Gasteiger partial charge in [0, 0.05) is 35.4 Å². The summed E-state index contributed by atoms with van der Waals surface area (Å²) in [5.74, 6) is 2.13. The molecule has 0 spiro atoms. The van der Waals surface area contributed by atoms with Crippen LogP contribution in [-0.2, 0) is 25.7 Å². The molecule has 4 nitrogen and oxygen atoms in total. The highest BCUT2D eigenvalue weighted by atomic mass is 32.1. The maximum atomic E-state index is 11.7. The van der Waals surface area contributed by atoms with Crippen molar-refractivity contribution in [3.63, 3.8) is 0 Å². The van der Waals surface area contributed by atoms with E-state index >= 15 is 0 Å². The first-order valence-corrected chi connectivity index (χ1v) is 16.3. The van der Waals surface area contributed by atoms with Gasteiger partial charge in [0.1, 0.15) is 23.0 Å². The van der Waals surface area contributed by atoms with Crippen molar-refractivity contribution in [3.8, 4) is 43.9 Å². The number of para-hydroxylation sites is 2. The van der Waals surface area contributed by atoms with Gasteiger partial charge in [0.2, 0.25) is 0 Å². The maximum Gasteiger partial charge on any atom is 0.125 e. The zero-order valence-corrected chi connectivity index (χ0v) is 26.2. The molecule has 0 atom stereocenters. The number of benzene rings is 4. The van der Waals surface area contributed by atoms with Gasteiger partial charge in [-0.2, -0.15) is 0 Å². The van der Waals surface area contributed by atoms with Crippen molar-refractivity contribution in [3.05, 3.63) is 140 Å². The second-order valence-electron chi connectivity index (χ2n) is 11.2. The summed E-state index contributed by atoms with van der Waals surface area (Å²) < 4.78 is 12.1. The van der Waals surface area contributed by atoms with Gasteiger partial charge >= 0.3 is 0 Å². The molecule has 1 aliphatic carbocycles. The number of phenols is 2. The van der Waals surface area contributed by atoms with Crippen molar-refractivity contribution in [1.29, 1.82) is 0 Å². The lowest BCUT2D eigenvalue weighted by Crippen LogP contribution is -2.04. The van der Waals surface area contributed by atoms with Crippen LogP contribution in [0.15, 0.2) is 95.7 Å². The Morgan fingerprint density at radius 2 is 0.818 bits per heavy atom. The predicted octanol–water partition coefficient (Wildman–Crippen LogP) is 9.25. The molecule has 8 bridgehead atoms. The fraction of sp³-hybridized carbons (Fsp3) is 0.158. The van der Waals surface area contributed by atoms with Crippen molar-refractivity contribution >= 4 is 22.7 Å². The van der Waals surface area contributed by atoms with Crippen molar-refractivity contribution in [2.24, 2.45) is 0 Å². The van der Waals surface area contributed by atoms with Crippen LogP contribution in [-0.4, -0.2) is 24.4 Å². The highest BCUT2D eigenvalue weighted by Crippen LogP contribution is 2.41. The zero-order chi connectivity index (χ0) is 30.2. The molecule has 0 aliphatic heterocycles. The highest BCUT2D eigenvalue weighted by molar-refractivity contribution is 7.13. The molecule has 0 fully saturated rings. The lowest BCUT2D eigenvalue weighted by Gasteiger charge is -2.20. The third kappa shape index (κ3) is 5.25. The minimum absolute atomic E-state index is 0.292. The molecule has 4 aromatic carbocycles. The number of aromatic hydroxyl groups is 2. The summed E-state index contributed by atoms with van der Waals surface area (Å²) in [6.07, 6.45) is 1.99. The quantitative estimate of drug-likeness (QED) is 0.207. The van der Waals surface area contributed by atoms with Gasteiger partial charge < -0.3 is 19.7 Å². The smallest absolute Gasteiger partial charge is 0.125 e. The van der Waals surface area contributed by atoms with Gasteiger partial charge in [-0.25, -0.2) is 0 Å². The predicted molar refractivity (Wildman–Crippen MR) is 180 cm³/mol. The molecule has 7 rings (SSSR count). The maximum absolute atomic E-state index is 11.7. The van der Waals surface area contributed by atoms with Crippen LogP contribution in [0.2, 0.25) is 0 Å². The van der Waals surface area contributed by atoms with Gasteiger partial charge in [0.15, 0.2) is 0 Å². The Bertz CT molecular complexity index is 1720. The number of thiophene rings is 2. The number of hydrogen-bond donors (Lipinski definition) is 2. The highest BCUT2D eigenvalue weighted by Gasteiger charge is 2.21. The van der Waals surface area contributed by atoms with E-state index in [0.717, 1.165) is 76.9 Å². The Hall–Kier alpha value is -4.52. The SMILES string of the molecule is COc1c2cccc1Cc1cc(-c3cccs3)cc(c1O)Cc1cccc(c1OC)Cc1cc(-c3cccs3)cc(c1O)C2. The van der Waals surface area contributed by atoms with Gasteiger partial charge in [-0.1, -0.05) is 48.5 Å². The largest absolute Gasteiger partial charge is 0.507 e. The minimum Gasteiger partial charge on any atom is -0.507 e. The Balaban J connectivity index is 1.47. The van der Waals surface area contributed by atoms with E-state index in [1.54, 1.807) is 36.9 Å². The van der Waals surface area contributed by atoms with Crippen LogP contribution in [0.1, 0.15) is 44.5 Å². The molecule has 0 saturated heterocycles. The second-order valence-corrected chi connectivity index (χ2v) is 13.1. The van der Waals surface area contributed by atoms with Crippen molar-refractivity contribution in [1.82, 2.24) is 0 Å². The van der Waals surface area contributed by atoms with Gasteiger partial charge in [-0.15, -0.1) is 22.7 Å². The molecular formula is C38H32O4S2. The fourth-order valence-electron chi connectivity index (χ4n) is 6.41. The number of ether oxygens (including phenoxy) is 2. The van der Waals surface area contributed by atoms with E-state index in [4.69, 9.17) is 9.47 Å². The average molecular weight is 617 g/mol. The van der Waals surface area contributed by atoms with E-state index < -0.39 is 0 Å². The zero-order valence-electron chi connectivity index (χ0n) is 24.6. The number of methoxy groups -OCH3 is 2. The van der Waals surface area contributed by atoms with Gasteiger partial charge in [-0.3, -0.25) is 0 Å². The molecule has 2 heterocycles. The Morgan fingerprint density at radius 3 is 1.09 bits per heavy atom. The van der Waals surface area contributed by atoms with E-state index in [2.05, 4.69) is 83.6 Å². The standard InChI is InChI=1S/C38H32O4S2/c1-41-37-23-7-3-8-24(37)16-30-20-28(34-12-6-14-44-34)22-32(36(30)40)18-26-10-4-9-25(38(26)42-2)17-31-21-27(33-11-5-13-43-33)19-29(15-23)35(31)39/h3-14,19-22,39-40H,15-18H2,1-2H3. The number of hydrogen-bond acceptors (Lipinski definition) is 6. The van der Waals surface area contributed by atoms with E-state index in [1.807, 2.05) is 12.1 Å². The Kier molecular flexibility index (Phi) is 7.62.